The molecule has 10 heteroatoms. The first-order valence-corrected chi connectivity index (χ1v) is 14.4. The summed E-state index contributed by atoms with van der Waals surface area (Å²) >= 11 is 0. The van der Waals surface area contributed by atoms with E-state index in [0.29, 0.717) is 23.9 Å². The quantitative estimate of drug-likeness (QED) is 0.248. The van der Waals surface area contributed by atoms with E-state index in [1.54, 1.807) is 6.07 Å². The van der Waals surface area contributed by atoms with Crippen molar-refractivity contribution >= 4 is 5.97 Å². The first kappa shape index (κ1) is 28.8. The molecule has 2 aliphatic rings. The lowest BCUT2D eigenvalue weighted by molar-refractivity contribution is -0.117. The minimum atomic E-state index is -2.47. The second kappa shape index (κ2) is 11.4. The van der Waals surface area contributed by atoms with Gasteiger partial charge in [0, 0.05) is 38.0 Å². The topological polar surface area (TPSA) is 89.7 Å². The summed E-state index contributed by atoms with van der Waals surface area (Å²) in [5.74, 6) is -2.30. The summed E-state index contributed by atoms with van der Waals surface area (Å²) in [7, 11) is 1.40. The van der Waals surface area contributed by atoms with Crippen molar-refractivity contribution in [1.29, 1.82) is 0 Å². The van der Waals surface area contributed by atoms with Crippen LogP contribution < -0.4 is 9.47 Å². The van der Waals surface area contributed by atoms with Crippen molar-refractivity contribution in [3.8, 4) is 28.7 Å². The van der Waals surface area contributed by atoms with Gasteiger partial charge in [-0.1, -0.05) is 30.3 Å². The zero-order valence-electron chi connectivity index (χ0n) is 24.4. The first-order valence-electron chi connectivity index (χ1n) is 14.4. The zero-order chi connectivity index (χ0) is 30.3. The molecule has 1 aliphatic heterocycles. The Morgan fingerprint density at radius 2 is 1.91 bits per heavy atom. The Bertz CT molecular complexity index is 1680. The number of para-hydroxylation sites is 1. The monoisotopic (exact) mass is 588 g/mol. The summed E-state index contributed by atoms with van der Waals surface area (Å²) in [6.07, 6.45) is 2.15. The standard InChI is InChI=1S/C33H34F2N4O4/c1-20-6-4-7-26(28-8-5-9-29(37-28)39-31(42-3)27(16-36-39)32(40)41)30(20)43-19-24-11-10-23-18-38(13-12-25(23)21(24)2)17-22-14-33(34,35)15-22/h4-11,16,22H,12-15,17-19H2,1-3H3,(H,40,41). The molecule has 0 atom stereocenters. The second-order valence-corrected chi connectivity index (χ2v) is 11.5. The van der Waals surface area contributed by atoms with E-state index in [4.69, 9.17) is 14.5 Å². The Hall–Kier alpha value is -4.31. The lowest BCUT2D eigenvalue weighted by Gasteiger charge is -2.40. The number of carboxylic acids is 1. The summed E-state index contributed by atoms with van der Waals surface area (Å²) in [5.41, 5.74) is 7.26. The van der Waals surface area contributed by atoms with E-state index in [0.717, 1.165) is 42.7 Å². The SMILES string of the molecule is COc1c(C(=O)O)cnn1-c1cccc(-c2cccc(C)c2OCc2ccc3c(c2C)CCN(CC2CC(F)(F)C2)C3)n1. The highest BCUT2D eigenvalue weighted by molar-refractivity contribution is 5.90. The van der Waals surface area contributed by atoms with Crippen molar-refractivity contribution in [1.82, 2.24) is 19.7 Å². The number of pyridine rings is 1. The van der Waals surface area contributed by atoms with Crippen molar-refractivity contribution in [3.05, 3.63) is 88.1 Å². The number of alkyl halides is 2. The fourth-order valence-corrected chi connectivity index (χ4v) is 6.27. The molecule has 1 aliphatic carbocycles. The molecule has 2 aromatic heterocycles. The third-order valence-electron chi connectivity index (χ3n) is 8.53. The molecule has 0 radical (unpaired) electrons. The predicted molar refractivity (Wildman–Crippen MR) is 157 cm³/mol. The van der Waals surface area contributed by atoms with Crippen LogP contribution in [0.15, 0.2) is 54.7 Å². The van der Waals surface area contributed by atoms with Crippen molar-refractivity contribution in [2.75, 3.05) is 20.2 Å². The molecule has 0 unspecified atom stereocenters. The molecule has 4 aromatic rings. The normalized spacial score (nSPS) is 16.4. The Labute approximate surface area is 248 Å². The molecule has 0 bridgehead atoms. The van der Waals surface area contributed by atoms with Crippen LogP contribution in [0.4, 0.5) is 8.78 Å². The highest BCUT2D eigenvalue weighted by Gasteiger charge is 2.45. The van der Waals surface area contributed by atoms with E-state index in [9.17, 15) is 18.7 Å². The van der Waals surface area contributed by atoms with Gasteiger partial charge in [-0.15, -0.1) is 0 Å². The van der Waals surface area contributed by atoms with Gasteiger partial charge >= 0.3 is 5.97 Å². The molecule has 43 heavy (non-hydrogen) atoms. The van der Waals surface area contributed by atoms with Crippen LogP contribution >= 0.6 is 0 Å². The number of hydrogen-bond donors (Lipinski definition) is 1. The highest BCUT2D eigenvalue weighted by Crippen LogP contribution is 2.43. The number of aryl methyl sites for hydroxylation is 1. The van der Waals surface area contributed by atoms with Crippen LogP contribution in [0.25, 0.3) is 17.1 Å². The number of ether oxygens (including phenoxy) is 2. The van der Waals surface area contributed by atoms with E-state index in [1.165, 1.54) is 34.7 Å². The molecule has 0 amide bonds. The third-order valence-corrected chi connectivity index (χ3v) is 8.53. The van der Waals surface area contributed by atoms with E-state index < -0.39 is 11.9 Å². The molecule has 2 aromatic carbocycles. The molecule has 8 nitrogen and oxygen atoms in total. The lowest BCUT2D eigenvalue weighted by atomic mass is 9.80. The summed E-state index contributed by atoms with van der Waals surface area (Å²) < 4.78 is 39.8. The van der Waals surface area contributed by atoms with Gasteiger partial charge in [0.15, 0.2) is 5.82 Å². The zero-order valence-corrected chi connectivity index (χ0v) is 24.4. The van der Waals surface area contributed by atoms with Crippen molar-refractivity contribution in [3.63, 3.8) is 0 Å². The first-order chi connectivity index (χ1) is 20.6. The Morgan fingerprint density at radius 1 is 1.12 bits per heavy atom. The molecule has 3 heterocycles. The second-order valence-electron chi connectivity index (χ2n) is 11.5. The van der Waals surface area contributed by atoms with Crippen LogP contribution in [0.2, 0.25) is 0 Å². The van der Waals surface area contributed by atoms with E-state index >= 15 is 0 Å². The van der Waals surface area contributed by atoms with Crippen LogP contribution in [0.5, 0.6) is 11.6 Å². The van der Waals surface area contributed by atoms with Crippen molar-refractivity contribution < 1.29 is 28.2 Å². The maximum Gasteiger partial charge on any atom is 0.342 e. The number of carboxylic acid groups (broad SMARTS) is 1. The number of aromatic nitrogens is 3. The fraction of sp³-hybridized carbons (Fsp3) is 0.364. The van der Waals surface area contributed by atoms with Gasteiger partial charge in [-0.2, -0.15) is 9.78 Å². The number of hydrogen-bond acceptors (Lipinski definition) is 6. The number of rotatable bonds is 9. The molecular formula is C33H34F2N4O4. The lowest BCUT2D eigenvalue weighted by Crippen LogP contribution is -2.44. The number of carbonyl (C=O) groups is 1. The average molecular weight is 589 g/mol. The number of halogens is 2. The summed E-state index contributed by atoms with van der Waals surface area (Å²) in [5, 5.41) is 13.7. The molecule has 1 fully saturated rings. The maximum absolute atomic E-state index is 13.3. The minimum Gasteiger partial charge on any atom is -0.488 e. The van der Waals surface area contributed by atoms with Crippen LogP contribution in [0.1, 0.15) is 51.0 Å². The minimum absolute atomic E-state index is 0.00938. The van der Waals surface area contributed by atoms with Gasteiger partial charge in [0.25, 0.3) is 0 Å². The molecule has 0 spiro atoms. The van der Waals surface area contributed by atoms with Gasteiger partial charge in [0.2, 0.25) is 11.8 Å². The van der Waals surface area contributed by atoms with Crippen LogP contribution in [0.3, 0.4) is 0 Å². The third kappa shape index (κ3) is 5.71. The summed E-state index contributed by atoms with van der Waals surface area (Å²) in [4.78, 5) is 18.7. The number of methoxy groups -OCH3 is 1. The van der Waals surface area contributed by atoms with Gasteiger partial charge < -0.3 is 14.6 Å². The Balaban J connectivity index is 1.21. The van der Waals surface area contributed by atoms with E-state index in [-0.39, 0.29) is 30.2 Å². The van der Waals surface area contributed by atoms with Crippen LogP contribution in [-0.2, 0) is 19.6 Å². The van der Waals surface area contributed by atoms with Gasteiger partial charge in [-0.05, 0) is 72.2 Å². The van der Waals surface area contributed by atoms with Crippen molar-refractivity contribution in [2.45, 2.75) is 52.2 Å². The maximum atomic E-state index is 13.3. The molecule has 224 valence electrons. The summed E-state index contributed by atoms with van der Waals surface area (Å²) in [6, 6.07) is 15.6. The van der Waals surface area contributed by atoms with E-state index in [1.807, 2.05) is 37.3 Å². The predicted octanol–water partition coefficient (Wildman–Crippen LogP) is 6.24. The Kier molecular flexibility index (Phi) is 7.64. The smallest absolute Gasteiger partial charge is 0.342 e. The fourth-order valence-electron chi connectivity index (χ4n) is 6.27. The molecular weight excluding hydrogens is 554 g/mol. The molecule has 1 saturated carbocycles. The van der Waals surface area contributed by atoms with Gasteiger partial charge in [0.05, 0.1) is 19.0 Å². The molecule has 0 saturated heterocycles. The van der Waals surface area contributed by atoms with Crippen molar-refractivity contribution in [2.24, 2.45) is 5.92 Å². The van der Waals surface area contributed by atoms with E-state index in [2.05, 4.69) is 29.1 Å². The number of fused-ring (bicyclic) bond motifs is 1. The number of aromatic carboxylic acids is 1. The molecule has 6 rings (SSSR count). The molecule has 1 N–H and O–H groups in total. The Morgan fingerprint density at radius 3 is 2.65 bits per heavy atom. The number of nitrogens with zero attached hydrogens (tertiary/aromatic N) is 4. The van der Waals surface area contributed by atoms with Gasteiger partial charge in [-0.3, -0.25) is 4.90 Å². The van der Waals surface area contributed by atoms with Crippen LogP contribution in [-0.4, -0.2) is 56.9 Å². The highest BCUT2D eigenvalue weighted by atomic mass is 19.3. The van der Waals surface area contributed by atoms with Gasteiger partial charge in [-0.25, -0.2) is 18.6 Å². The van der Waals surface area contributed by atoms with Gasteiger partial charge in [0.1, 0.15) is 17.9 Å². The average Bonchev–Trinajstić information content (AvgIpc) is 3.41. The van der Waals surface area contributed by atoms with Crippen LogP contribution in [0, 0.1) is 19.8 Å². The number of benzene rings is 2. The largest absolute Gasteiger partial charge is 0.488 e. The summed E-state index contributed by atoms with van der Waals surface area (Å²) in [6.45, 7) is 6.90.